The molecule has 8 rings (SSSR count). The predicted octanol–water partition coefficient (Wildman–Crippen LogP) is 11.8. The van der Waals surface area contributed by atoms with Crippen LogP contribution in [0.15, 0.2) is 133 Å². The lowest BCUT2D eigenvalue weighted by molar-refractivity contribution is 0.491. The van der Waals surface area contributed by atoms with Gasteiger partial charge in [0.2, 0.25) is 6.71 Å². The highest BCUT2D eigenvalue weighted by Gasteiger charge is 2.42. The zero-order valence-electron chi connectivity index (χ0n) is 32.6. The van der Waals surface area contributed by atoms with Crippen LogP contribution < -0.4 is 21.3 Å². The standard InChI is InChI=1S/C51H50BN/c1-9-51(10-2)46-31-40(52(49-35(5)27-33(3)28-36(49)6)50-37(7)29-34(4)30-38(50)8)23-25-44(46)45-26-24-42(32-47(45)51)53(41-19-12-11-13-20-41)48-22-16-18-39-17-14-15-21-43(39)48/h11-32H,9-10H2,1-8H3. The van der Waals surface area contributed by atoms with Crippen LogP contribution >= 0.6 is 0 Å². The molecule has 0 radical (unpaired) electrons. The van der Waals surface area contributed by atoms with E-state index in [4.69, 9.17) is 0 Å². The topological polar surface area (TPSA) is 3.24 Å². The summed E-state index contributed by atoms with van der Waals surface area (Å²) < 4.78 is 0. The highest BCUT2D eigenvalue weighted by molar-refractivity contribution is 6.96. The molecular weight excluding hydrogens is 637 g/mol. The van der Waals surface area contributed by atoms with Crippen molar-refractivity contribution in [2.24, 2.45) is 0 Å². The average molecular weight is 688 g/mol. The first-order chi connectivity index (χ1) is 25.6. The van der Waals surface area contributed by atoms with Crippen LogP contribution in [0.4, 0.5) is 17.1 Å². The molecule has 2 heteroatoms. The highest BCUT2D eigenvalue weighted by Crippen LogP contribution is 2.54. The average Bonchev–Trinajstić information content (AvgIpc) is 3.42. The Bertz CT molecular complexity index is 2400. The first-order valence-corrected chi connectivity index (χ1v) is 19.4. The molecule has 7 aromatic rings. The number of hydrogen-bond acceptors (Lipinski definition) is 1. The molecule has 53 heavy (non-hydrogen) atoms. The van der Waals surface area contributed by atoms with Crippen molar-refractivity contribution in [1.29, 1.82) is 0 Å². The van der Waals surface area contributed by atoms with Crippen molar-refractivity contribution in [3.8, 4) is 11.1 Å². The number of hydrogen-bond donors (Lipinski definition) is 0. The maximum Gasteiger partial charge on any atom is 0.242 e. The van der Waals surface area contributed by atoms with E-state index in [2.05, 4.69) is 194 Å². The minimum absolute atomic E-state index is 0.100. The third kappa shape index (κ3) is 5.71. The molecule has 0 atom stereocenters. The number of fused-ring (bicyclic) bond motifs is 4. The zero-order chi connectivity index (χ0) is 37.0. The van der Waals surface area contributed by atoms with Crippen LogP contribution in [0.1, 0.15) is 71.2 Å². The summed E-state index contributed by atoms with van der Waals surface area (Å²) in [5, 5.41) is 2.50. The molecule has 0 aromatic heterocycles. The molecule has 1 aliphatic carbocycles. The van der Waals surface area contributed by atoms with E-state index in [0.29, 0.717) is 0 Å². The van der Waals surface area contributed by atoms with Gasteiger partial charge in [0.1, 0.15) is 0 Å². The van der Waals surface area contributed by atoms with Crippen molar-refractivity contribution in [3.05, 3.63) is 178 Å². The summed E-state index contributed by atoms with van der Waals surface area (Å²) in [5.41, 5.74) is 21.5. The van der Waals surface area contributed by atoms with E-state index in [1.54, 1.807) is 0 Å². The van der Waals surface area contributed by atoms with E-state index >= 15 is 0 Å². The zero-order valence-corrected chi connectivity index (χ0v) is 32.6. The summed E-state index contributed by atoms with van der Waals surface area (Å²) in [7, 11) is 0. The number of nitrogens with zero attached hydrogens (tertiary/aromatic N) is 1. The fourth-order valence-electron chi connectivity index (χ4n) is 10.0. The maximum atomic E-state index is 2.60. The Hall–Kier alpha value is -5.34. The fraction of sp³-hybridized carbons (Fsp3) is 0.216. The van der Waals surface area contributed by atoms with Crippen molar-refractivity contribution in [2.75, 3.05) is 4.90 Å². The van der Waals surface area contributed by atoms with Gasteiger partial charge in [-0.1, -0.05) is 167 Å². The van der Waals surface area contributed by atoms with Crippen molar-refractivity contribution in [1.82, 2.24) is 0 Å². The number of aryl methyl sites for hydroxylation is 6. The Morgan fingerprint density at radius 3 is 1.62 bits per heavy atom. The van der Waals surface area contributed by atoms with Crippen molar-refractivity contribution < 1.29 is 0 Å². The summed E-state index contributed by atoms with van der Waals surface area (Å²) in [6.45, 7) is 18.6. The fourth-order valence-corrected chi connectivity index (χ4v) is 10.0. The molecule has 0 fully saturated rings. The molecule has 0 spiro atoms. The van der Waals surface area contributed by atoms with Crippen LogP contribution in [0, 0.1) is 41.5 Å². The molecule has 0 saturated carbocycles. The van der Waals surface area contributed by atoms with Gasteiger partial charge >= 0.3 is 0 Å². The molecule has 0 saturated heterocycles. The van der Waals surface area contributed by atoms with Crippen LogP contribution in [0.5, 0.6) is 0 Å². The normalized spacial score (nSPS) is 12.8. The quantitative estimate of drug-likeness (QED) is 0.144. The Labute approximate surface area is 317 Å². The molecule has 0 unspecified atom stereocenters. The third-order valence-electron chi connectivity index (χ3n) is 12.2. The van der Waals surface area contributed by atoms with Crippen LogP contribution in [0.2, 0.25) is 0 Å². The summed E-state index contributed by atoms with van der Waals surface area (Å²) in [6, 6.07) is 50.5. The summed E-state index contributed by atoms with van der Waals surface area (Å²) >= 11 is 0. The van der Waals surface area contributed by atoms with Crippen molar-refractivity contribution >= 4 is 50.9 Å². The molecule has 1 aliphatic rings. The first-order valence-electron chi connectivity index (χ1n) is 19.4. The Morgan fingerprint density at radius 2 is 1.02 bits per heavy atom. The number of para-hydroxylation sites is 1. The monoisotopic (exact) mass is 687 g/mol. The maximum absolute atomic E-state index is 2.60. The summed E-state index contributed by atoms with van der Waals surface area (Å²) in [6.07, 6.45) is 2.07. The molecular formula is C51H50BN. The first kappa shape index (κ1) is 34.7. The van der Waals surface area contributed by atoms with Gasteiger partial charge in [0.25, 0.3) is 0 Å². The molecule has 0 N–H and O–H groups in total. The lowest BCUT2D eigenvalue weighted by Crippen LogP contribution is -2.56. The Kier molecular flexibility index (Phi) is 8.90. The van der Waals surface area contributed by atoms with E-state index in [1.807, 2.05) is 0 Å². The van der Waals surface area contributed by atoms with E-state index in [9.17, 15) is 0 Å². The minimum atomic E-state index is -0.100. The SMILES string of the molecule is CCC1(CC)c2cc(B(c3c(C)cc(C)cc3C)c3c(C)cc(C)cc3C)ccc2-c2ccc(N(c3ccccc3)c3cccc4ccccc34)cc21. The predicted molar refractivity (Wildman–Crippen MR) is 231 cm³/mol. The van der Waals surface area contributed by atoms with Crippen LogP contribution in [0.25, 0.3) is 21.9 Å². The lowest BCUT2D eigenvalue weighted by atomic mass is 9.34. The molecule has 1 nitrogen and oxygen atoms in total. The molecule has 0 bridgehead atoms. The molecule has 0 heterocycles. The van der Waals surface area contributed by atoms with Gasteiger partial charge in [0, 0.05) is 22.2 Å². The van der Waals surface area contributed by atoms with Gasteiger partial charge in [-0.15, -0.1) is 0 Å². The van der Waals surface area contributed by atoms with Crippen LogP contribution in [0.3, 0.4) is 0 Å². The molecule has 7 aromatic carbocycles. The minimum Gasteiger partial charge on any atom is -0.310 e. The molecule has 0 amide bonds. The van der Waals surface area contributed by atoms with E-state index in [1.165, 1.54) is 94.2 Å². The Balaban J connectivity index is 1.33. The van der Waals surface area contributed by atoms with Gasteiger partial charge in [-0.3, -0.25) is 0 Å². The van der Waals surface area contributed by atoms with Gasteiger partial charge < -0.3 is 4.90 Å². The largest absolute Gasteiger partial charge is 0.310 e. The van der Waals surface area contributed by atoms with E-state index in [0.717, 1.165) is 18.5 Å². The summed E-state index contributed by atoms with van der Waals surface area (Å²) in [5.74, 6) is 0. The number of benzene rings is 7. The van der Waals surface area contributed by atoms with E-state index in [-0.39, 0.29) is 12.1 Å². The smallest absolute Gasteiger partial charge is 0.242 e. The Morgan fingerprint density at radius 1 is 0.491 bits per heavy atom. The van der Waals surface area contributed by atoms with Crippen LogP contribution in [-0.4, -0.2) is 6.71 Å². The van der Waals surface area contributed by atoms with Crippen molar-refractivity contribution in [2.45, 2.75) is 73.6 Å². The second kappa shape index (κ2) is 13.6. The van der Waals surface area contributed by atoms with Gasteiger partial charge in [-0.25, -0.2) is 0 Å². The third-order valence-corrected chi connectivity index (χ3v) is 12.2. The second-order valence-electron chi connectivity index (χ2n) is 15.6. The molecule has 0 aliphatic heterocycles. The number of rotatable bonds is 8. The molecule has 262 valence electrons. The van der Waals surface area contributed by atoms with Gasteiger partial charge in [-0.05, 0) is 112 Å². The van der Waals surface area contributed by atoms with Gasteiger partial charge in [0.05, 0.1) is 5.69 Å². The van der Waals surface area contributed by atoms with Gasteiger partial charge in [-0.2, -0.15) is 0 Å². The number of anilines is 3. The lowest BCUT2D eigenvalue weighted by Gasteiger charge is -2.32. The van der Waals surface area contributed by atoms with E-state index < -0.39 is 0 Å². The summed E-state index contributed by atoms with van der Waals surface area (Å²) in [4.78, 5) is 2.45. The second-order valence-corrected chi connectivity index (χ2v) is 15.6. The van der Waals surface area contributed by atoms with Crippen LogP contribution in [-0.2, 0) is 5.41 Å². The van der Waals surface area contributed by atoms with Gasteiger partial charge in [0.15, 0.2) is 0 Å². The highest BCUT2D eigenvalue weighted by atomic mass is 15.1. The van der Waals surface area contributed by atoms with Crippen molar-refractivity contribution in [3.63, 3.8) is 0 Å².